The van der Waals surface area contributed by atoms with E-state index in [1.807, 2.05) is 6.07 Å². The van der Waals surface area contributed by atoms with Gasteiger partial charge in [0.25, 0.3) is 0 Å². The lowest BCUT2D eigenvalue weighted by Gasteiger charge is -2.31. The number of thioether (sulfide) groups is 1. The molecule has 1 aliphatic rings. The zero-order valence-corrected chi connectivity index (χ0v) is 21.7. The van der Waals surface area contributed by atoms with Gasteiger partial charge in [0.15, 0.2) is 0 Å². The molecule has 2 unspecified atom stereocenters. The SMILES string of the molecule is COC(=O)C1C(=O)NC(SCC(=O)Nc2ccc(Br)cc2C(F)(F)F)=C(C#N)C1c1ccc(OC)cc1. The molecule has 2 aromatic carbocycles. The Labute approximate surface area is 222 Å². The standard InChI is InChI=1S/C24H19BrF3N3O5S/c1-35-14-6-3-12(4-7-14)19-15(10-29)22(31-21(33)20(19)23(34)36-2)37-11-18(32)30-17-8-5-13(25)9-16(17)24(26,27)28/h3-9,19-20H,11H2,1-2H3,(H,30,32)(H,31,33). The summed E-state index contributed by atoms with van der Waals surface area (Å²) in [6.07, 6.45) is -4.71. The third-order valence-corrected chi connectivity index (χ3v) is 6.88. The van der Waals surface area contributed by atoms with Crippen LogP contribution in [0.25, 0.3) is 0 Å². The summed E-state index contributed by atoms with van der Waals surface area (Å²) in [5.74, 6) is -4.71. The summed E-state index contributed by atoms with van der Waals surface area (Å²) in [5.41, 5.74) is -1.03. The van der Waals surface area contributed by atoms with Gasteiger partial charge < -0.3 is 20.1 Å². The molecule has 0 bridgehead atoms. The van der Waals surface area contributed by atoms with Gasteiger partial charge in [0.2, 0.25) is 11.8 Å². The number of hydrogen-bond acceptors (Lipinski definition) is 7. The number of allylic oxidation sites excluding steroid dienone is 1. The maximum atomic E-state index is 13.4. The molecule has 1 heterocycles. The van der Waals surface area contributed by atoms with Crippen molar-refractivity contribution >= 4 is 51.2 Å². The van der Waals surface area contributed by atoms with Crippen molar-refractivity contribution in [3.05, 3.63) is 68.7 Å². The first-order chi connectivity index (χ1) is 17.5. The van der Waals surface area contributed by atoms with E-state index in [9.17, 15) is 32.8 Å². The summed E-state index contributed by atoms with van der Waals surface area (Å²) < 4.78 is 50.2. The third kappa shape index (κ3) is 6.44. The minimum Gasteiger partial charge on any atom is -0.497 e. The van der Waals surface area contributed by atoms with Crippen LogP contribution in [-0.2, 0) is 25.3 Å². The van der Waals surface area contributed by atoms with E-state index >= 15 is 0 Å². The average molecular weight is 598 g/mol. The van der Waals surface area contributed by atoms with Crippen LogP contribution >= 0.6 is 27.7 Å². The molecular formula is C24H19BrF3N3O5S. The number of hydrogen-bond donors (Lipinski definition) is 2. The number of rotatable bonds is 7. The Balaban J connectivity index is 1.90. The van der Waals surface area contributed by atoms with E-state index < -0.39 is 52.8 Å². The Bertz CT molecular complexity index is 1290. The molecular weight excluding hydrogens is 579 g/mol. The lowest BCUT2D eigenvalue weighted by Crippen LogP contribution is -2.44. The lowest BCUT2D eigenvalue weighted by molar-refractivity contribution is -0.150. The van der Waals surface area contributed by atoms with Crippen LogP contribution in [0.3, 0.4) is 0 Å². The molecule has 0 aromatic heterocycles. The summed E-state index contributed by atoms with van der Waals surface area (Å²) in [6.45, 7) is 0. The fourth-order valence-electron chi connectivity index (χ4n) is 3.67. The van der Waals surface area contributed by atoms with Crippen LogP contribution in [0.4, 0.5) is 18.9 Å². The summed E-state index contributed by atoms with van der Waals surface area (Å²) in [7, 11) is 2.58. The van der Waals surface area contributed by atoms with Crippen molar-refractivity contribution < 1.29 is 37.0 Å². The Morgan fingerprint density at radius 3 is 2.43 bits per heavy atom. The molecule has 0 spiro atoms. The van der Waals surface area contributed by atoms with Gasteiger partial charge in [0.05, 0.1) is 47.9 Å². The normalized spacial score (nSPS) is 17.5. The second kappa shape index (κ2) is 11.7. The van der Waals surface area contributed by atoms with Gasteiger partial charge in [-0.1, -0.05) is 39.8 Å². The number of benzene rings is 2. The fourth-order valence-corrected chi connectivity index (χ4v) is 4.88. The predicted octanol–water partition coefficient (Wildman–Crippen LogP) is 4.59. The highest BCUT2D eigenvalue weighted by molar-refractivity contribution is 9.10. The highest BCUT2D eigenvalue weighted by atomic mass is 79.9. The maximum absolute atomic E-state index is 13.4. The average Bonchev–Trinajstić information content (AvgIpc) is 2.87. The summed E-state index contributed by atoms with van der Waals surface area (Å²) in [4.78, 5) is 37.8. The Hall–Kier alpha value is -3.50. The van der Waals surface area contributed by atoms with Crippen molar-refractivity contribution in [2.24, 2.45) is 5.92 Å². The number of carbonyl (C=O) groups excluding carboxylic acids is 3. The van der Waals surface area contributed by atoms with Crippen molar-refractivity contribution in [1.29, 1.82) is 5.26 Å². The van der Waals surface area contributed by atoms with Crippen LogP contribution in [0, 0.1) is 17.2 Å². The number of alkyl halides is 3. The lowest BCUT2D eigenvalue weighted by atomic mass is 9.78. The first-order valence-corrected chi connectivity index (χ1v) is 12.2. The van der Waals surface area contributed by atoms with Crippen molar-refractivity contribution in [3.63, 3.8) is 0 Å². The maximum Gasteiger partial charge on any atom is 0.418 e. The molecule has 0 aliphatic carbocycles. The van der Waals surface area contributed by atoms with Gasteiger partial charge in [-0.15, -0.1) is 0 Å². The molecule has 0 saturated carbocycles. The monoisotopic (exact) mass is 597 g/mol. The molecule has 0 radical (unpaired) electrons. The number of nitriles is 1. The Morgan fingerprint density at radius 2 is 1.86 bits per heavy atom. The van der Waals surface area contributed by atoms with Crippen molar-refractivity contribution in [2.75, 3.05) is 25.3 Å². The van der Waals surface area contributed by atoms with Crippen molar-refractivity contribution in [3.8, 4) is 11.8 Å². The first kappa shape index (κ1) is 28.1. The molecule has 1 aliphatic heterocycles. The van der Waals surface area contributed by atoms with E-state index in [0.717, 1.165) is 31.0 Å². The smallest absolute Gasteiger partial charge is 0.418 e. The van der Waals surface area contributed by atoms with E-state index in [1.54, 1.807) is 24.3 Å². The van der Waals surface area contributed by atoms with Gasteiger partial charge in [-0.25, -0.2) is 0 Å². The molecule has 3 rings (SSSR count). The van der Waals surface area contributed by atoms with Gasteiger partial charge in [-0.05, 0) is 35.9 Å². The number of carbonyl (C=O) groups is 3. The minimum absolute atomic E-state index is 0.00223. The van der Waals surface area contributed by atoms with Crippen LogP contribution < -0.4 is 15.4 Å². The fraction of sp³-hybridized carbons (Fsp3) is 0.250. The van der Waals surface area contributed by atoms with E-state index in [-0.39, 0.29) is 15.1 Å². The molecule has 2 atom stereocenters. The van der Waals surface area contributed by atoms with E-state index in [0.29, 0.717) is 11.3 Å². The number of anilines is 1. The molecule has 8 nitrogen and oxygen atoms in total. The summed E-state index contributed by atoms with van der Waals surface area (Å²) in [5, 5.41) is 14.6. The topological polar surface area (TPSA) is 118 Å². The van der Waals surface area contributed by atoms with Crippen LogP contribution in [-0.4, -0.2) is 37.8 Å². The summed E-state index contributed by atoms with van der Waals surface area (Å²) in [6, 6.07) is 11.7. The zero-order valence-electron chi connectivity index (χ0n) is 19.3. The predicted molar refractivity (Wildman–Crippen MR) is 132 cm³/mol. The van der Waals surface area contributed by atoms with Gasteiger partial charge in [0, 0.05) is 10.4 Å². The summed E-state index contributed by atoms with van der Waals surface area (Å²) >= 11 is 3.73. The second-order valence-electron chi connectivity index (χ2n) is 7.62. The van der Waals surface area contributed by atoms with Crippen molar-refractivity contribution in [2.45, 2.75) is 12.1 Å². The number of esters is 1. The number of halogens is 4. The number of nitrogens with one attached hydrogen (secondary N) is 2. The van der Waals surface area contributed by atoms with Crippen LogP contribution in [0.1, 0.15) is 17.0 Å². The van der Waals surface area contributed by atoms with Gasteiger partial charge in [-0.2, -0.15) is 18.4 Å². The van der Waals surface area contributed by atoms with E-state index in [2.05, 4.69) is 26.6 Å². The number of methoxy groups -OCH3 is 2. The van der Waals surface area contributed by atoms with Gasteiger partial charge in [-0.3, -0.25) is 14.4 Å². The van der Waals surface area contributed by atoms with Crippen LogP contribution in [0.2, 0.25) is 0 Å². The number of amides is 2. The largest absolute Gasteiger partial charge is 0.497 e. The van der Waals surface area contributed by atoms with E-state index in [1.165, 1.54) is 13.2 Å². The first-order valence-electron chi connectivity index (χ1n) is 10.5. The quantitative estimate of drug-likeness (QED) is 0.354. The second-order valence-corrected chi connectivity index (χ2v) is 9.52. The van der Waals surface area contributed by atoms with Crippen LogP contribution in [0.5, 0.6) is 5.75 Å². The van der Waals surface area contributed by atoms with Gasteiger partial charge in [0.1, 0.15) is 11.7 Å². The van der Waals surface area contributed by atoms with Crippen molar-refractivity contribution in [1.82, 2.24) is 5.32 Å². The molecule has 2 aromatic rings. The Kier molecular flexibility index (Phi) is 8.88. The Morgan fingerprint density at radius 1 is 1.19 bits per heavy atom. The number of ether oxygens (including phenoxy) is 2. The zero-order chi connectivity index (χ0) is 27.3. The molecule has 2 amide bonds. The number of nitrogens with zero attached hydrogens (tertiary/aromatic N) is 1. The molecule has 37 heavy (non-hydrogen) atoms. The molecule has 0 fully saturated rings. The highest BCUT2D eigenvalue weighted by Crippen LogP contribution is 2.41. The molecule has 0 saturated heterocycles. The third-order valence-electron chi connectivity index (χ3n) is 5.37. The highest BCUT2D eigenvalue weighted by Gasteiger charge is 2.44. The minimum atomic E-state index is -4.71. The van der Waals surface area contributed by atoms with E-state index in [4.69, 9.17) is 9.47 Å². The van der Waals surface area contributed by atoms with Gasteiger partial charge >= 0.3 is 12.1 Å². The molecule has 194 valence electrons. The van der Waals surface area contributed by atoms with Crippen LogP contribution in [0.15, 0.2) is 57.5 Å². The molecule has 2 N–H and O–H groups in total. The molecule has 13 heteroatoms.